The van der Waals surface area contributed by atoms with Gasteiger partial charge in [-0.1, -0.05) is 37.3 Å². The fourth-order valence-corrected chi connectivity index (χ4v) is 1.78. The van der Waals surface area contributed by atoms with Crippen molar-refractivity contribution in [2.45, 2.75) is 19.3 Å². The third-order valence-corrected chi connectivity index (χ3v) is 2.75. The molecule has 0 saturated carbocycles. The number of carbonyl (C=O) groups is 2. The molecule has 1 aromatic carbocycles. The number of rotatable bonds is 5. The minimum Gasteiger partial charge on any atom is -0.469 e. The van der Waals surface area contributed by atoms with E-state index in [1.807, 2.05) is 30.3 Å². The molecule has 0 aromatic heterocycles. The molecular formula is C13H16O3. The molecule has 0 saturated heterocycles. The minimum absolute atomic E-state index is 0.105. The predicted molar refractivity (Wildman–Crippen MR) is 61.0 cm³/mol. The number of ether oxygens (including phenoxy) is 1. The molecule has 3 nitrogen and oxygen atoms in total. The second-order valence-corrected chi connectivity index (χ2v) is 3.73. The van der Waals surface area contributed by atoms with E-state index in [1.54, 1.807) is 6.92 Å². The summed E-state index contributed by atoms with van der Waals surface area (Å²) >= 11 is 0. The minimum atomic E-state index is -0.308. The summed E-state index contributed by atoms with van der Waals surface area (Å²) in [6, 6.07) is 9.56. The lowest BCUT2D eigenvalue weighted by Crippen LogP contribution is -2.21. The Balaban J connectivity index is 2.91. The average Bonchev–Trinajstić information content (AvgIpc) is 2.35. The van der Waals surface area contributed by atoms with Crippen molar-refractivity contribution >= 4 is 12.3 Å². The lowest BCUT2D eigenvalue weighted by atomic mass is 9.85. The van der Waals surface area contributed by atoms with Gasteiger partial charge < -0.3 is 9.53 Å². The van der Waals surface area contributed by atoms with E-state index in [2.05, 4.69) is 0 Å². The van der Waals surface area contributed by atoms with Crippen molar-refractivity contribution < 1.29 is 14.3 Å². The molecule has 0 aliphatic rings. The summed E-state index contributed by atoms with van der Waals surface area (Å²) < 4.78 is 4.71. The van der Waals surface area contributed by atoms with Gasteiger partial charge in [0.25, 0.3) is 0 Å². The van der Waals surface area contributed by atoms with Crippen LogP contribution in [0.2, 0.25) is 0 Å². The van der Waals surface area contributed by atoms with E-state index in [1.165, 1.54) is 7.11 Å². The zero-order valence-corrected chi connectivity index (χ0v) is 9.55. The Kier molecular flexibility index (Phi) is 4.70. The standard InChI is InChI=1S/C13H16O3/c1-10(13(15)16-2)12(8-9-14)11-6-4-3-5-7-11/h3-7,9-10,12H,8H2,1-2H3/t10-,12+/m0/s1. The summed E-state index contributed by atoms with van der Waals surface area (Å²) in [4.78, 5) is 22.1. The van der Waals surface area contributed by atoms with Gasteiger partial charge in [-0.15, -0.1) is 0 Å². The number of esters is 1. The summed E-state index contributed by atoms with van der Waals surface area (Å²) in [5, 5.41) is 0. The molecule has 1 rings (SSSR count). The lowest BCUT2D eigenvalue weighted by molar-refractivity contribution is -0.145. The molecule has 0 radical (unpaired) electrons. The molecule has 1 aromatic rings. The van der Waals surface area contributed by atoms with Crippen LogP contribution in [0, 0.1) is 5.92 Å². The Hall–Kier alpha value is -1.64. The number of hydrogen-bond acceptors (Lipinski definition) is 3. The van der Waals surface area contributed by atoms with E-state index in [4.69, 9.17) is 4.74 Å². The molecule has 0 N–H and O–H groups in total. The van der Waals surface area contributed by atoms with Crippen LogP contribution < -0.4 is 0 Å². The number of carbonyl (C=O) groups excluding carboxylic acids is 2. The smallest absolute Gasteiger partial charge is 0.309 e. The largest absolute Gasteiger partial charge is 0.469 e. The van der Waals surface area contributed by atoms with E-state index >= 15 is 0 Å². The van der Waals surface area contributed by atoms with Crippen molar-refractivity contribution in [3.8, 4) is 0 Å². The highest BCUT2D eigenvalue weighted by Gasteiger charge is 2.25. The van der Waals surface area contributed by atoms with Gasteiger partial charge in [-0.05, 0) is 5.56 Å². The van der Waals surface area contributed by atoms with E-state index in [9.17, 15) is 9.59 Å². The summed E-state index contributed by atoms with van der Waals surface area (Å²) in [5.74, 6) is -0.695. The molecule has 0 fully saturated rings. The van der Waals surface area contributed by atoms with Gasteiger partial charge in [0.15, 0.2) is 0 Å². The highest BCUT2D eigenvalue weighted by atomic mass is 16.5. The molecular weight excluding hydrogens is 204 g/mol. The third kappa shape index (κ3) is 2.92. The molecule has 0 amide bonds. The van der Waals surface area contributed by atoms with Gasteiger partial charge in [0.2, 0.25) is 0 Å². The van der Waals surface area contributed by atoms with Crippen LogP contribution in [0.25, 0.3) is 0 Å². The van der Waals surface area contributed by atoms with Gasteiger partial charge in [0.1, 0.15) is 6.29 Å². The quantitative estimate of drug-likeness (QED) is 0.564. The van der Waals surface area contributed by atoms with Crippen molar-refractivity contribution in [3.05, 3.63) is 35.9 Å². The number of aldehydes is 1. The van der Waals surface area contributed by atoms with Crippen molar-refractivity contribution in [1.82, 2.24) is 0 Å². The lowest BCUT2D eigenvalue weighted by Gasteiger charge is -2.20. The molecule has 0 unspecified atom stereocenters. The van der Waals surface area contributed by atoms with Crippen molar-refractivity contribution in [1.29, 1.82) is 0 Å². The molecule has 0 aliphatic carbocycles. The molecule has 16 heavy (non-hydrogen) atoms. The fraction of sp³-hybridized carbons (Fsp3) is 0.385. The van der Waals surface area contributed by atoms with Crippen molar-refractivity contribution in [2.75, 3.05) is 7.11 Å². The third-order valence-electron chi connectivity index (χ3n) is 2.75. The maximum Gasteiger partial charge on any atom is 0.309 e. The van der Waals surface area contributed by atoms with Gasteiger partial charge in [-0.3, -0.25) is 4.79 Å². The van der Waals surface area contributed by atoms with Crippen molar-refractivity contribution in [2.24, 2.45) is 5.92 Å². The molecule has 0 heterocycles. The second-order valence-electron chi connectivity index (χ2n) is 3.73. The molecule has 0 spiro atoms. The molecule has 86 valence electrons. The van der Waals surface area contributed by atoms with Crippen LogP contribution in [0.5, 0.6) is 0 Å². The van der Waals surface area contributed by atoms with Crippen LogP contribution in [-0.2, 0) is 14.3 Å². The van der Waals surface area contributed by atoms with Crippen LogP contribution in [0.3, 0.4) is 0 Å². The maximum atomic E-state index is 11.5. The topological polar surface area (TPSA) is 43.4 Å². The highest BCUT2D eigenvalue weighted by molar-refractivity contribution is 5.74. The first-order chi connectivity index (χ1) is 7.70. The number of benzene rings is 1. The van der Waals surface area contributed by atoms with E-state index in [0.717, 1.165) is 11.8 Å². The summed E-state index contributed by atoms with van der Waals surface area (Å²) in [6.45, 7) is 1.78. The normalized spacial score (nSPS) is 13.9. The van der Waals surface area contributed by atoms with Crippen LogP contribution >= 0.6 is 0 Å². The zero-order valence-electron chi connectivity index (χ0n) is 9.55. The Bertz CT molecular complexity index is 345. The fourth-order valence-electron chi connectivity index (χ4n) is 1.78. The Morgan fingerprint density at radius 2 is 2.00 bits per heavy atom. The summed E-state index contributed by atoms with van der Waals surface area (Å²) in [5.41, 5.74) is 0.993. The second kappa shape index (κ2) is 6.05. The first-order valence-corrected chi connectivity index (χ1v) is 5.27. The molecule has 2 atom stereocenters. The average molecular weight is 220 g/mol. The number of methoxy groups -OCH3 is 1. The van der Waals surface area contributed by atoms with Crippen LogP contribution in [0.1, 0.15) is 24.8 Å². The summed E-state index contributed by atoms with van der Waals surface area (Å²) in [7, 11) is 1.36. The van der Waals surface area contributed by atoms with Gasteiger partial charge in [0, 0.05) is 12.3 Å². The Labute approximate surface area is 95.4 Å². The van der Waals surface area contributed by atoms with Crippen molar-refractivity contribution in [3.63, 3.8) is 0 Å². The SMILES string of the molecule is COC(=O)[C@@H](C)[C@@H](CC=O)c1ccccc1. The van der Waals surface area contributed by atoms with Gasteiger partial charge in [0.05, 0.1) is 13.0 Å². The van der Waals surface area contributed by atoms with E-state index in [-0.39, 0.29) is 17.8 Å². The molecule has 3 heteroatoms. The van der Waals surface area contributed by atoms with Crippen LogP contribution in [-0.4, -0.2) is 19.4 Å². The Morgan fingerprint density at radius 3 is 2.50 bits per heavy atom. The van der Waals surface area contributed by atoms with E-state index < -0.39 is 0 Å². The maximum absolute atomic E-state index is 11.5. The van der Waals surface area contributed by atoms with Crippen LogP contribution in [0.4, 0.5) is 0 Å². The van der Waals surface area contributed by atoms with Gasteiger partial charge in [-0.25, -0.2) is 0 Å². The Morgan fingerprint density at radius 1 is 1.38 bits per heavy atom. The first-order valence-electron chi connectivity index (χ1n) is 5.27. The van der Waals surface area contributed by atoms with Gasteiger partial charge >= 0.3 is 5.97 Å². The predicted octanol–water partition coefficient (Wildman–Crippen LogP) is 2.17. The number of hydrogen-bond donors (Lipinski definition) is 0. The van der Waals surface area contributed by atoms with Gasteiger partial charge in [-0.2, -0.15) is 0 Å². The highest BCUT2D eigenvalue weighted by Crippen LogP contribution is 2.27. The zero-order chi connectivity index (χ0) is 12.0. The summed E-state index contributed by atoms with van der Waals surface area (Å²) in [6.07, 6.45) is 1.18. The molecule has 0 bridgehead atoms. The first kappa shape index (κ1) is 12.4. The monoisotopic (exact) mass is 220 g/mol. The molecule has 0 aliphatic heterocycles. The van der Waals surface area contributed by atoms with Crippen LogP contribution in [0.15, 0.2) is 30.3 Å². The van der Waals surface area contributed by atoms with E-state index in [0.29, 0.717) is 6.42 Å².